The summed E-state index contributed by atoms with van der Waals surface area (Å²) < 4.78 is 0. The quantitative estimate of drug-likeness (QED) is 0.757. The van der Waals surface area contributed by atoms with Crippen LogP contribution in [0.2, 0.25) is 0 Å². The number of benzene rings is 1. The second-order valence-electron chi connectivity index (χ2n) is 5.97. The minimum atomic E-state index is 0.109. The van der Waals surface area contributed by atoms with Gasteiger partial charge in [0.15, 0.2) is 0 Å². The van der Waals surface area contributed by atoms with E-state index in [1.54, 1.807) is 0 Å². The van der Waals surface area contributed by atoms with Gasteiger partial charge >= 0.3 is 0 Å². The number of carbonyl (C=O) groups is 1. The summed E-state index contributed by atoms with van der Waals surface area (Å²) in [5.41, 5.74) is 7.70. The van der Waals surface area contributed by atoms with Crippen LogP contribution in [0, 0.1) is 0 Å². The van der Waals surface area contributed by atoms with Crippen LogP contribution >= 0.6 is 0 Å². The number of nitrogen functional groups attached to an aromatic ring is 1. The molecular formula is C17H27N3O. The largest absolute Gasteiger partial charge is 0.399 e. The molecule has 0 unspecified atom stereocenters. The highest BCUT2D eigenvalue weighted by Crippen LogP contribution is 2.21. The molecule has 0 radical (unpaired) electrons. The molecular weight excluding hydrogens is 262 g/mol. The number of carbonyl (C=O) groups excluding carboxylic acids is 1. The fourth-order valence-corrected chi connectivity index (χ4v) is 3.00. The van der Waals surface area contributed by atoms with E-state index in [1.807, 2.05) is 24.3 Å². The number of hydrogen-bond acceptors (Lipinski definition) is 3. The number of nitrogens with zero attached hydrogens (tertiary/aromatic N) is 1. The third-order valence-corrected chi connectivity index (χ3v) is 4.41. The Bertz CT molecular complexity index is 455. The van der Waals surface area contributed by atoms with Crippen molar-refractivity contribution in [1.29, 1.82) is 0 Å². The number of para-hydroxylation sites is 1. The predicted molar refractivity (Wildman–Crippen MR) is 87.1 cm³/mol. The van der Waals surface area contributed by atoms with Crippen LogP contribution in [-0.4, -0.2) is 37.0 Å². The van der Waals surface area contributed by atoms with Gasteiger partial charge in [-0.1, -0.05) is 31.0 Å². The lowest BCUT2D eigenvalue weighted by molar-refractivity contribution is -0.121. The van der Waals surface area contributed by atoms with E-state index in [4.69, 9.17) is 5.73 Å². The topological polar surface area (TPSA) is 58.4 Å². The van der Waals surface area contributed by atoms with E-state index in [2.05, 4.69) is 17.3 Å². The molecule has 1 aromatic rings. The molecule has 21 heavy (non-hydrogen) atoms. The summed E-state index contributed by atoms with van der Waals surface area (Å²) in [4.78, 5) is 14.2. The highest BCUT2D eigenvalue weighted by atomic mass is 16.1. The van der Waals surface area contributed by atoms with Gasteiger partial charge in [-0.2, -0.15) is 0 Å². The van der Waals surface area contributed by atoms with Gasteiger partial charge in [0.2, 0.25) is 5.91 Å². The molecule has 1 fully saturated rings. The maximum absolute atomic E-state index is 11.9. The average Bonchev–Trinajstić information content (AvgIpc) is 3.00. The van der Waals surface area contributed by atoms with Gasteiger partial charge in [0.05, 0.1) is 0 Å². The van der Waals surface area contributed by atoms with Crippen LogP contribution in [0.1, 0.15) is 37.7 Å². The van der Waals surface area contributed by atoms with Crippen molar-refractivity contribution in [3.8, 4) is 0 Å². The third kappa shape index (κ3) is 5.05. The summed E-state index contributed by atoms with van der Waals surface area (Å²) in [5, 5.41) is 3.01. The van der Waals surface area contributed by atoms with E-state index in [1.165, 1.54) is 25.7 Å². The molecule has 1 amide bonds. The highest BCUT2D eigenvalue weighted by Gasteiger charge is 2.18. The van der Waals surface area contributed by atoms with Gasteiger partial charge in [-0.15, -0.1) is 0 Å². The molecule has 1 saturated carbocycles. The molecule has 0 atom stereocenters. The standard InChI is InChI=1S/C17H27N3O/c1-20(15-7-3-4-8-15)13-12-19-17(21)11-10-14-6-2-5-9-16(14)18/h2,5-6,9,15H,3-4,7-8,10-13,18H2,1H3,(H,19,21). The Kier molecular flexibility index (Phi) is 6.05. The molecule has 0 aromatic heterocycles. The van der Waals surface area contributed by atoms with Crippen molar-refractivity contribution in [3.05, 3.63) is 29.8 Å². The first-order valence-corrected chi connectivity index (χ1v) is 7.97. The van der Waals surface area contributed by atoms with Crippen LogP contribution in [0.4, 0.5) is 5.69 Å². The Morgan fingerprint density at radius 2 is 2.05 bits per heavy atom. The molecule has 1 aliphatic carbocycles. The Balaban J connectivity index is 1.62. The van der Waals surface area contributed by atoms with Gasteiger partial charge < -0.3 is 16.0 Å². The molecule has 4 heteroatoms. The fourth-order valence-electron chi connectivity index (χ4n) is 3.00. The van der Waals surface area contributed by atoms with E-state index in [0.717, 1.165) is 24.3 Å². The molecule has 0 saturated heterocycles. The summed E-state index contributed by atoms with van der Waals surface area (Å²) in [6, 6.07) is 8.45. The Labute approximate surface area is 127 Å². The minimum Gasteiger partial charge on any atom is -0.399 e. The van der Waals surface area contributed by atoms with Gasteiger partial charge in [0.1, 0.15) is 0 Å². The number of nitrogens with two attached hydrogens (primary N) is 1. The Morgan fingerprint density at radius 1 is 1.33 bits per heavy atom. The molecule has 0 bridgehead atoms. The summed E-state index contributed by atoms with van der Waals surface area (Å²) in [7, 11) is 2.16. The van der Waals surface area contributed by atoms with E-state index >= 15 is 0 Å². The van der Waals surface area contributed by atoms with Crippen molar-refractivity contribution >= 4 is 11.6 Å². The van der Waals surface area contributed by atoms with Gasteiger partial charge in [-0.3, -0.25) is 4.79 Å². The van der Waals surface area contributed by atoms with Crippen molar-refractivity contribution in [2.45, 2.75) is 44.6 Å². The molecule has 0 aliphatic heterocycles. The van der Waals surface area contributed by atoms with Gasteiger partial charge in [0, 0.05) is 31.2 Å². The average molecular weight is 289 g/mol. The van der Waals surface area contributed by atoms with Crippen LogP contribution in [0.15, 0.2) is 24.3 Å². The molecule has 1 aromatic carbocycles. The number of nitrogens with one attached hydrogen (secondary N) is 1. The van der Waals surface area contributed by atoms with Crippen LogP contribution in [0.3, 0.4) is 0 Å². The number of amides is 1. The summed E-state index contributed by atoms with van der Waals surface area (Å²) in [5.74, 6) is 0.109. The van der Waals surface area contributed by atoms with Crippen molar-refractivity contribution in [3.63, 3.8) is 0 Å². The van der Waals surface area contributed by atoms with Crippen molar-refractivity contribution < 1.29 is 4.79 Å². The summed E-state index contributed by atoms with van der Waals surface area (Å²) >= 11 is 0. The number of anilines is 1. The zero-order valence-electron chi connectivity index (χ0n) is 13.0. The second kappa shape index (κ2) is 8.03. The minimum absolute atomic E-state index is 0.109. The number of likely N-dealkylation sites (N-methyl/N-ethyl adjacent to an activating group) is 1. The van der Waals surface area contributed by atoms with Gasteiger partial charge in [-0.25, -0.2) is 0 Å². The maximum Gasteiger partial charge on any atom is 0.220 e. The van der Waals surface area contributed by atoms with Crippen LogP contribution in [0.25, 0.3) is 0 Å². The van der Waals surface area contributed by atoms with Gasteiger partial charge in [0.25, 0.3) is 0 Å². The van der Waals surface area contributed by atoms with E-state index in [-0.39, 0.29) is 5.91 Å². The first-order chi connectivity index (χ1) is 10.2. The van der Waals surface area contributed by atoms with E-state index in [9.17, 15) is 4.79 Å². The van der Waals surface area contributed by atoms with Crippen molar-refractivity contribution in [2.75, 3.05) is 25.9 Å². The first-order valence-electron chi connectivity index (χ1n) is 7.97. The maximum atomic E-state index is 11.9. The summed E-state index contributed by atoms with van der Waals surface area (Å²) in [6.45, 7) is 1.67. The number of rotatable bonds is 7. The zero-order chi connectivity index (χ0) is 15.1. The predicted octanol–water partition coefficient (Wildman–Crippen LogP) is 2.19. The Morgan fingerprint density at radius 3 is 2.76 bits per heavy atom. The lowest BCUT2D eigenvalue weighted by Crippen LogP contribution is -2.37. The molecule has 3 N–H and O–H groups in total. The normalized spacial score (nSPS) is 15.5. The summed E-state index contributed by atoms with van der Waals surface area (Å²) in [6.07, 6.45) is 6.51. The van der Waals surface area contributed by atoms with Crippen molar-refractivity contribution in [1.82, 2.24) is 10.2 Å². The number of hydrogen-bond donors (Lipinski definition) is 2. The second-order valence-corrected chi connectivity index (χ2v) is 5.97. The molecule has 1 aliphatic rings. The Hall–Kier alpha value is -1.55. The van der Waals surface area contributed by atoms with E-state index in [0.29, 0.717) is 18.9 Å². The van der Waals surface area contributed by atoms with Gasteiger partial charge in [-0.05, 0) is 37.9 Å². The zero-order valence-corrected chi connectivity index (χ0v) is 13.0. The molecule has 2 rings (SSSR count). The molecule has 116 valence electrons. The highest BCUT2D eigenvalue weighted by molar-refractivity contribution is 5.76. The fraction of sp³-hybridized carbons (Fsp3) is 0.588. The van der Waals surface area contributed by atoms with Crippen LogP contribution in [-0.2, 0) is 11.2 Å². The molecule has 4 nitrogen and oxygen atoms in total. The first kappa shape index (κ1) is 15.8. The van der Waals surface area contributed by atoms with Crippen molar-refractivity contribution in [2.24, 2.45) is 0 Å². The SMILES string of the molecule is CN(CCNC(=O)CCc1ccccc1N)C1CCCC1. The monoisotopic (exact) mass is 289 g/mol. The lowest BCUT2D eigenvalue weighted by atomic mass is 10.1. The number of aryl methyl sites for hydroxylation is 1. The lowest BCUT2D eigenvalue weighted by Gasteiger charge is -2.23. The van der Waals surface area contributed by atoms with Crippen LogP contribution in [0.5, 0.6) is 0 Å². The van der Waals surface area contributed by atoms with E-state index < -0.39 is 0 Å². The molecule has 0 spiro atoms. The smallest absolute Gasteiger partial charge is 0.220 e. The van der Waals surface area contributed by atoms with Crippen LogP contribution < -0.4 is 11.1 Å². The molecule has 0 heterocycles. The third-order valence-electron chi connectivity index (χ3n) is 4.41.